The molecule has 6 heteroatoms. The molecule has 1 N–H and O–H groups in total. The second-order valence-corrected chi connectivity index (χ2v) is 8.76. The number of aromatic amines is 1. The standard InChI is InChI=1S/C23H25Cl2N3O/c1-15(2)14-29-23-19(24)10-17(11-20(23)25)22-18-13-28(9-8-21(18)26-27-22)12-16-6-4-3-5-7-16/h3-7,10-11,15H,8-9,12-14H2,1-2H3,(H,26,27). The SMILES string of the molecule is CC(C)COc1c(Cl)cc(-c2n[nH]c3c2CN(Cc2ccccc2)CC3)cc1Cl. The van der Waals surface area contributed by atoms with E-state index in [9.17, 15) is 0 Å². The molecule has 3 aromatic rings. The molecule has 0 bridgehead atoms. The number of rotatable bonds is 6. The smallest absolute Gasteiger partial charge is 0.156 e. The number of H-pyrrole nitrogens is 1. The normalized spacial score (nSPS) is 14.2. The Hall–Kier alpha value is -2.01. The molecule has 1 aliphatic rings. The zero-order valence-electron chi connectivity index (χ0n) is 16.7. The molecular weight excluding hydrogens is 405 g/mol. The van der Waals surface area contributed by atoms with E-state index in [4.69, 9.17) is 27.9 Å². The van der Waals surface area contributed by atoms with Crippen LogP contribution < -0.4 is 4.74 Å². The molecular formula is C23H25Cl2N3O. The number of nitrogens with zero attached hydrogens (tertiary/aromatic N) is 2. The van der Waals surface area contributed by atoms with Crippen LogP contribution in [0.4, 0.5) is 0 Å². The summed E-state index contributed by atoms with van der Waals surface area (Å²) in [5, 5.41) is 8.83. The van der Waals surface area contributed by atoms with Crippen molar-refractivity contribution in [1.29, 1.82) is 0 Å². The van der Waals surface area contributed by atoms with Gasteiger partial charge in [0.1, 0.15) is 0 Å². The maximum Gasteiger partial charge on any atom is 0.156 e. The number of benzene rings is 2. The molecule has 0 spiro atoms. The Morgan fingerprint density at radius 1 is 1.14 bits per heavy atom. The van der Waals surface area contributed by atoms with Crippen LogP contribution in [0.3, 0.4) is 0 Å². The molecule has 2 aromatic carbocycles. The van der Waals surface area contributed by atoms with Gasteiger partial charge in [0.15, 0.2) is 5.75 Å². The molecule has 0 aliphatic carbocycles. The van der Waals surface area contributed by atoms with E-state index in [1.165, 1.54) is 16.8 Å². The Kier molecular flexibility index (Phi) is 6.14. The lowest BCUT2D eigenvalue weighted by Gasteiger charge is -2.27. The van der Waals surface area contributed by atoms with Crippen molar-refractivity contribution in [2.24, 2.45) is 5.92 Å². The minimum Gasteiger partial charge on any atom is -0.490 e. The van der Waals surface area contributed by atoms with Crippen LogP contribution in [0.5, 0.6) is 5.75 Å². The molecule has 0 saturated heterocycles. The highest BCUT2D eigenvalue weighted by molar-refractivity contribution is 6.37. The van der Waals surface area contributed by atoms with E-state index in [0.717, 1.165) is 37.3 Å². The third kappa shape index (κ3) is 4.61. The first kappa shape index (κ1) is 20.3. The number of halogens is 2. The summed E-state index contributed by atoms with van der Waals surface area (Å²) in [7, 11) is 0. The molecule has 0 radical (unpaired) electrons. The van der Waals surface area contributed by atoms with Gasteiger partial charge in [0.2, 0.25) is 0 Å². The van der Waals surface area contributed by atoms with Crippen molar-refractivity contribution < 1.29 is 4.74 Å². The van der Waals surface area contributed by atoms with Gasteiger partial charge in [-0.25, -0.2) is 0 Å². The fraction of sp³-hybridized carbons (Fsp3) is 0.348. The molecule has 0 atom stereocenters. The van der Waals surface area contributed by atoms with Crippen LogP contribution in [0.1, 0.15) is 30.7 Å². The van der Waals surface area contributed by atoms with Crippen LogP contribution in [0.25, 0.3) is 11.3 Å². The third-order valence-corrected chi connectivity index (χ3v) is 5.66. The molecule has 1 aromatic heterocycles. The van der Waals surface area contributed by atoms with Crippen molar-refractivity contribution in [2.75, 3.05) is 13.2 Å². The van der Waals surface area contributed by atoms with E-state index in [0.29, 0.717) is 28.3 Å². The van der Waals surface area contributed by atoms with E-state index in [2.05, 4.69) is 53.2 Å². The van der Waals surface area contributed by atoms with Gasteiger partial charge in [0.25, 0.3) is 0 Å². The molecule has 0 amide bonds. The molecule has 152 valence electrons. The van der Waals surface area contributed by atoms with Crippen LogP contribution in [0.15, 0.2) is 42.5 Å². The monoisotopic (exact) mass is 429 g/mol. The maximum atomic E-state index is 6.50. The van der Waals surface area contributed by atoms with E-state index in [1.807, 2.05) is 18.2 Å². The molecule has 0 unspecified atom stereocenters. The Bertz CT molecular complexity index is 962. The van der Waals surface area contributed by atoms with E-state index in [1.54, 1.807) is 0 Å². The fourth-order valence-corrected chi connectivity index (χ4v) is 4.25. The van der Waals surface area contributed by atoms with Crippen molar-refractivity contribution >= 4 is 23.2 Å². The quantitative estimate of drug-likeness (QED) is 0.523. The van der Waals surface area contributed by atoms with Gasteiger partial charge in [-0.3, -0.25) is 10.00 Å². The summed E-state index contributed by atoms with van der Waals surface area (Å²) >= 11 is 13.0. The topological polar surface area (TPSA) is 41.1 Å². The Labute approximate surface area is 181 Å². The maximum absolute atomic E-state index is 6.50. The summed E-state index contributed by atoms with van der Waals surface area (Å²) in [6.45, 7) is 7.53. The molecule has 4 rings (SSSR count). The molecule has 1 aliphatic heterocycles. The Morgan fingerprint density at radius 2 is 1.86 bits per heavy atom. The van der Waals surface area contributed by atoms with Crippen LogP contribution in [-0.2, 0) is 19.5 Å². The molecule has 29 heavy (non-hydrogen) atoms. The Morgan fingerprint density at radius 3 is 2.55 bits per heavy atom. The van der Waals surface area contributed by atoms with Crippen LogP contribution >= 0.6 is 23.2 Å². The van der Waals surface area contributed by atoms with Crippen LogP contribution in [0, 0.1) is 5.92 Å². The lowest BCUT2D eigenvalue weighted by atomic mass is 10.0. The largest absolute Gasteiger partial charge is 0.490 e. The lowest BCUT2D eigenvalue weighted by molar-refractivity contribution is 0.245. The summed E-state index contributed by atoms with van der Waals surface area (Å²) in [5.74, 6) is 0.941. The number of hydrogen-bond acceptors (Lipinski definition) is 3. The number of fused-ring (bicyclic) bond motifs is 1. The minimum absolute atomic E-state index is 0.399. The van der Waals surface area contributed by atoms with Gasteiger partial charge >= 0.3 is 0 Å². The summed E-state index contributed by atoms with van der Waals surface area (Å²) in [6, 6.07) is 14.4. The molecule has 4 nitrogen and oxygen atoms in total. The van der Waals surface area contributed by atoms with Crippen molar-refractivity contribution in [3.8, 4) is 17.0 Å². The average molecular weight is 430 g/mol. The van der Waals surface area contributed by atoms with Crippen molar-refractivity contribution in [3.05, 3.63) is 69.3 Å². The lowest BCUT2D eigenvalue weighted by Crippen LogP contribution is -2.29. The van der Waals surface area contributed by atoms with Gasteiger partial charge in [0, 0.05) is 42.9 Å². The first-order valence-electron chi connectivity index (χ1n) is 9.96. The summed E-state index contributed by atoms with van der Waals surface area (Å²) in [5.41, 5.74) is 5.55. The number of aromatic nitrogens is 2. The average Bonchev–Trinajstić information content (AvgIpc) is 3.11. The first-order valence-corrected chi connectivity index (χ1v) is 10.7. The van der Waals surface area contributed by atoms with Gasteiger partial charge in [-0.15, -0.1) is 0 Å². The molecule has 2 heterocycles. The van der Waals surface area contributed by atoms with E-state index in [-0.39, 0.29) is 0 Å². The second kappa shape index (κ2) is 8.78. The number of nitrogens with one attached hydrogen (secondary N) is 1. The van der Waals surface area contributed by atoms with Gasteiger partial charge in [-0.2, -0.15) is 5.10 Å². The fourth-order valence-electron chi connectivity index (χ4n) is 3.65. The summed E-state index contributed by atoms with van der Waals surface area (Å²) in [4.78, 5) is 2.44. The number of hydrogen-bond donors (Lipinski definition) is 1. The van der Waals surface area contributed by atoms with Gasteiger partial charge in [0.05, 0.1) is 22.3 Å². The van der Waals surface area contributed by atoms with Crippen LogP contribution in [0.2, 0.25) is 10.0 Å². The Balaban J connectivity index is 1.58. The van der Waals surface area contributed by atoms with Crippen molar-refractivity contribution in [3.63, 3.8) is 0 Å². The second-order valence-electron chi connectivity index (χ2n) is 7.95. The molecule has 0 saturated carbocycles. The molecule has 0 fully saturated rings. The van der Waals surface area contributed by atoms with Crippen molar-refractivity contribution in [1.82, 2.24) is 15.1 Å². The summed E-state index contributed by atoms with van der Waals surface area (Å²) in [6.07, 6.45) is 0.951. The highest BCUT2D eigenvalue weighted by atomic mass is 35.5. The zero-order valence-corrected chi connectivity index (χ0v) is 18.2. The summed E-state index contributed by atoms with van der Waals surface area (Å²) < 4.78 is 5.80. The first-order chi connectivity index (χ1) is 14.0. The predicted molar refractivity (Wildman–Crippen MR) is 119 cm³/mol. The van der Waals surface area contributed by atoms with Crippen LogP contribution in [-0.4, -0.2) is 28.2 Å². The van der Waals surface area contributed by atoms with Gasteiger partial charge in [-0.1, -0.05) is 67.4 Å². The predicted octanol–water partition coefficient (Wildman–Crippen LogP) is 5.98. The highest BCUT2D eigenvalue weighted by Gasteiger charge is 2.24. The minimum atomic E-state index is 0.399. The highest BCUT2D eigenvalue weighted by Crippen LogP contribution is 2.39. The van der Waals surface area contributed by atoms with Gasteiger partial charge < -0.3 is 4.74 Å². The zero-order chi connectivity index (χ0) is 20.4. The van der Waals surface area contributed by atoms with E-state index >= 15 is 0 Å². The number of ether oxygens (including phenoxy) is 1. The van der Waals surface area contributed by atoms with Gasteiger partial charge in [-0.05, 0) is 23.6 Å². The van der Waals surface area contributed by atoms with Crippen molar-refractivity contribution in [2.45, 2.75) is 33.4 Å². The van der Waals surface area contributed by atoms with E-state index < -0.39 is 0 Å². The third-order valence-electron chi connectivity index (χ3n) is 5.09.